The van der Waals surface area contributed by atoms with Crippen LogP contribution in [-0.4, -0.2) is 17.6 Å². The summed E-state index contributed by atoms with van der Waals surface area (Å²) in [7, 11) is 0. The second kappa shape index (κ2) is 7.81. The van der Waals surface area contributed by atoms with Crippen molar-refractivity contribution < 1.29 is 14.6 Å². The summed E-state index contributed by atoms with van der Waals surface area (Å²) in [5.41, 5.74) is 0.763. The van der Waals surface area contributed by atoms with Crippen LogP contribution < -0.4 is 10.1 Å². The van der Waals surface area contributed by atoms with Crippen LogP contribution in [0.2, 0.25) is 0 Å². The quantitative estimate of drug-likeness (QED) is 0.826. The van der Waals surface area contributed by atoms with Gasteiger partial charge in [-0.15, -0.1) is 11.3 Å². The van der Waals surface area contributed by atoms with Crippen LogP contribution >= 0.6 is 11.3 Å². The number of aliphatic hydroxyl groups is 1. The minimum absolute atomic E-state index is 0.0269. The molecular weight excluding hydrogens is 286 g/mol. The smallest absolute Gasteiger partial charge is 0.258 e. The SMILES string of the molecule is CCc1ccc(CNC(=O)COc2cccc(CO)c2)s1. The van der Waals surface area contributed by atoms with E-state index in [0.717, 1.165) is 16.9 Å². The second-order valence-electron chi connectivity index (χ2n) is 4.59. The highest BCUT2D eigenvalue weighted by Gasteiger charge is 2.05. The molecular formula is C16H19NO3S. The Hall–Kier alpha value is -1.85. The fraction of sp³-hybridized carbons (Fsp3) is 0.312. The molecule has 0 fully saturated rings. The van der Waals surface area contributed by atoms with E-state index in [-0.39, 0.29) is 19.1 Å². The van der Waals surface area contributed by atoms with Crippen LogP contribution in [0, 0.1) is 0 Å². The topological polar surface area (TPSA) is 58.6 Å². The molecule has 0 aliphatic heterocycles. The summed E-state index contributed by atoms with van der Waals surface area (Å²) in [4.78, 5) is 14.2. The second-order valence-corrected chi connectivity index (χ2v) is 5.85. The van der Waals surface area contributed by atoms with Gasteiger partial charge in [-0.3, -0.25) is 4.79 Å². The van der Waals surface area contributed by atoms with Crippen LogP contribution in [0.4, 0.5) is 0 Å². The van der Waals surface area contributed by atoms with Crippen LogP contribution in [-0.2, 0) is 24.4 Å². The van der Waals surface area contributed by atoms with Crippen molar-refractivity contribution in [3.8, 4) is 5.75 Å². The lowest BCUT2D eigenvalue weighted by molar-refractivity contribution is -0.123. The highest BCUT2D eigenvalue weighted by Crippen LogP contribution is 2.16. The summed E-state index contributed by atoms with van der Waals surface area (Å²) in [6.07, 6.45) is 1.02. The van der Waals surface area contributed by atoms with Crippen molar-refractivity contribution in [1.29, 1.82) is 0 Å². The third-order valence-electron chi connectivity index (χ3n) is 2.98. The molecule has 2 rings (SSSR count). The highest BCUT2D eigenvalue weighted by molar-refractivity contribution is 7.11. The molecule has 5 heteroatoms. The minimum atomic E-state index is -0.157. The fourth-order valence-electron chi connectivity index (χ4n) is 1.83. The number of aryl methyl sites for hydroxylation is 1. The summed E-state index contributed by atoms with van der Waals surface area (Å²) in [5.74, 6) is 0.428. The number of thiophene rings is 1. The molecule has 4 nitrogen and oxygen atoms in total. The first-order chi connectivity index (χ1) is 10.2. The number of aliphatic hydroxyl groups excluding tert-OH is 1. The van der Waals surface area contributed by atoms with Gasteiger partial charge in [0.2, 0.25) is 0 Å². The summed E-state index contributed by atoms with van der Waals surface area (Å²) >= 11 is 1.71. The van der Waals surface area contributed by atoms with Gasteiger partial charge in [-0.25, -0.2) is 0 Å². The monoisotopic (exact) mass is 305 g/mol. The van der Waals surface area contributed by atoms with Crippen LogP contribution in [0.25, 0.3) is 0 Å². The lowest BCUT2D eigenvalue weighted by Crippen LogP contribution is -2.28. The molecule has 0 atom stereocenters. The molecule has 21 heavy (non-hydrogen) atoms. The van der Waals surface area contributed by atoms with Crippen LogP contribution in [0.15, 0.2) is 36.4 Å². The van der Waals surface area contributed by atoms with Gasteiger partial charge in [0, 0.05) is 9.75 Å². The third-order valence-corrected chi connectivity index (χ3v) is 4.21. The number of rotatable bonds is 7. The standard InChI is InChI=1S/C16H19NO3S/c1-2-14-6-7-15(21-14)9-17-16(19)11-20-13-5-3-4-12(8-13)10-18/h3-8,18H,2,9-11H2,1H3,(H,17,19). The average molecular weight is 305 g/mol. The maximum atomic E-state index is 11.7. The zero-order valence-corrected chi connectivity index (χ0v) is 12.8. The Kier molecular flexibility index (Phi) is 5.78. The minimum Gasteiger partial charge on any atom is -0.484 e. The number of carbonyl (C=O) groups excluding carboxylic acids is 1. The molecule has 0 saturated heterocycles. The van der Waals surface area contributed by atoms with E-state index in [1.165, 1.54) is 4.88 Å². The predicted octanol–water partition coefficient (Wildman–Crippen LogP) is 2.50. The zero-order chi connectivity index (χ0) is 15.1. The Balaban J connectivity index is 1.76. The Labute approximate surface area is 128 Å². The van der Waals surface area contributed by atoms with Gasteiger partial charge >= 0.3 is 0 Å². The summed E-state index contributed by atoms with van der Waals surface area (Å²) < 4.78 is 5.41. The van der Waals surface area contributed by atoms with E-state index in [9.17, 15) is 4.79 Å². The number of nitrogens with one attached hydrogen (secondary N) is 1. The first kappa shape index (κ1) is 15.5. The van der Waals surface area contributed by atoms with Gasteiger partial charge in [-0.05, 0) is 36.2 Å². The van der Waals surface area contributed by atoms with Gasteiger partial charge in [0.05, 0.1) is 13.2 Å². The number of hydrogen-bond donors (Lipinski definition) is 2. The summed E-state index contributed by atoms with van der Waals surface area (Å²) in [6, 6.07) is 11.2. The molecule has 0 aliphatic carbocycles. The molecule has 2 N–H and O–H groups in total. The normalized spacial score (nSPS) is 10.4. The number of hydrogen-bond acceptors (Lipinski definition) is 4. The average Bonchev–Trinajstić information content (AvgIpc) is 2.99. The summed E-state index contributed by atoms with van der Waals surface area (Å²) in [6.45, 7) is 2.58. The van der Waals surface area contributed by atoms with E-state index in [1.807, 2.05) is 6.07 Å². The van der Waals surface area contributed by atoms with E-state index in [0.29, 0.717) is 12.3 Å². The number of ether oxygens (including phenoxy) is 1. The molecule has 1 aromatic carbocycles. The first-order valence-electron chi connectivity index (χ1n) is 6.88. The number of benzene rings is 1. The van der Waals surface area contributed by atoms with E-state index >= 15 is 0 Å². The van der Waals surface area contributed by atoms with Crippen LogP contribution in [0.1, 0.15) is 22.2 Å². The first-order valence-corrected chi connectivity index (χ1v) is 7.69. The van der Waals surface area contributed by atoms with Gasteiger partial charge in [0.15, 0.2) is 6.61 Å². The van der Waals surface area contributed by atoms with Gasteiger partial charge in [0.25, 0.3) is 5.91 Å². The molecule has 1 heterocycles. The fourth-order valence-corrected chi connectivity index (χ4v) is 2.72. The highest BCUT2D eigenvalue weighted by atomic mass is 32.1. The Morgan fingerprint density at radius 2 is 2.10 bits per heavy atom. The van der Waals surface area contributed by atoms with Crippen LogP contribution in [0.3, 0.4) is 0 Å². The van der Waals surface area contributed by atoms with Crippen molar-refractivity contribution in [1.82, 2.24) is 5.32 Å². The molecule has 0 radical (unpaired) electrons. The maximum Gasteiger partial charge on any atom is 0.258 e. The van der Waals surface area contributed by atoms with Gasteiger partial charge in [0.1, 0.15) is 5.75 Å². The van der Waals surface area contributed by atoms with Crippen molar-refractivity contribution in [2.24, 2.45) is 0 Å². The van der Waals surface area contributed by atoms with E-state index < -0.39 is 0 Å². The molecule has 0 saturated carbocycles. The Bertz CT molecular complexity index is 595. The Morgan fingerprint density at radius 3 is 2.81 bits per heavy atom. The molecule has 0 bridgehead atoms. The molecule has 112 valence electrons. The maximum absolute atomic E-state index is 11.7. The van der Waals surface area contributed by atoms with E-state index in [1.54, 1.807) is 35.6 Å². The number of amides is 1. The summed E-state index contributed by atoms with van der Waals surface area (Å²) in [5, 5.41) is 11.9. The molecule has 0 aliphatic rings. The molecule has 2 aromatic rings. The van der Waals surface area contributed by atoms with Crippen molar-refractivity contribution in [2.75, 3.05) is 6.61 Å². The Morgan fingerprint density at radius 1 is 1.29 bits per heavy atom. The molecule has 0 unspecified atom stereocenters. The zero-order valence-electron chi connectivity index (χ0n) is 12.0. The largest absolute Gasteiger partial charge is 0.484 e. The van der Waals surface area contributed by atoms with Crippen molar-refractivity contribution in [3.05, 3.63) is 51.7 Å². The van der Waals surface area contributed by atoms with Crippen molar-refractivity contribution in [3.63, 3.8) is 0 Å². The van der Waals surface area contributed by atoms with Crippen molar-refractivity contribution in [2.45, 2.75) is 26.5 Å². The van der Waals surface area contributed by atoms with E-state index in [2.05, 4.69) is 18.3 Å². The van der Waals surface area contributed by atoms with Crippen LogP contribution in [0.5, 0.6) is 5.75 Å². The van der Waals surface area contributed by atoms with Gasteiger partial charge in [-0.1, -0.05) is 19.1 Å². The van der Waals surface area contributed by atoms with E-state index in [4.69, 9.17) is 9.84 Å². The molecule has 1 amide bonds. The number of carbonyl (C=O) groups is 1. The van der Waals surface area contributed by atoms with Gasteiger partial charge in [-0.2, -0.15) is 0 Å². The molecule has 1 aromatic heterocycles. The van der Waals surface area contributed by atoms with Gasteiger partial charge < -0.3 is 15.2 Å². The third kappa shape index (κ3) is 4.88. The molecule has 0 spiro atoms. The predicted molar refractivity (Wildman–Crippen MR) is 83.4 cm³/mol. The lowest BCUT2D eigenvalue weighted by atomic mass is 10.2. The van der Waals surface area contributed by atoms with Crippen molar-refractivity contribution >= 4 is 17.2 Å². The lowest BCUT2D eigenvalue weighted by Gasteiger charge is -2.07.